The number of benzene rings is 2. The smallest absolute Gasteiger partial charge is 0.0455 e. The van der Waals surface area contributed by atoms with Crippen LogP contribution in [0.1, 0.15) is 37.8 Å². The van der Waals surface area contributed by atoms with Crippen LogP contribution in [0.2, 0.25) is 0 Å². The molecule has 0 bridgehead atoms. The molecule has 3 rings (SSSR count). The van der Waals surface area contributed by atoms with Crippen molar-refractivity contribution in [3.63, 3.8) is 0 Å². The first-order valence-corrected chi connectivity index (χ1v) is 9.22. The minimum atomic E-state index is 0.614. The summed E-state index contributed by atoms with van der Waals surface area (Å²) in [7, 11) is 0. The lowest BCUT2D eigenvalue weighted by Crippen LogP contribution is -2.10. The number of thiocarbonyl (C=S) groups is 1. The van der Waals surface area contributed by atoms with E-state index in [-0.39, 0.29) is 0 Å². The van der Waals surface area contributed by atoms with Gasteiger partial charge in [0.05, 0.1) is 0 Å². The highest BCUT2D eigenvalue weighted by Gasteiger charge is 2.22. The van der Waals surface area contributed by atoms with Crippen molar-refractivity contribution in [2.45, 2.75) is 26.7 Å². The Morgan fingerprint density at radius 3 is 2.12 bits per heavy atom. The van der Waals surface area contributed by atoms with Gasteiger partial charge in [-0.25, -0.2) is 0 Å². The third kappa shape index (κ3) is 4.05. The molecule has 1 aliphatic carbocycles. The van der Waals surface area contributed by atoms with Crippen LogP contribution in [-0.2, 0) is 0 Å². The summed E-state index contributed by atoms with van der Waals surface area (Å²) in [4.78, 5) is 0.878. The quantitative estimate of drug-likeness (QED) is 0.334. The van der Waals surface area contributed by atoms with Crippen LogP contribution < -0.4 is 0 Å². The molecule has 0 N–H and O–H groups in total. The van der Waals surface area contributed by atoms with Crippen LogP contribution in [-0.4, -0.2) is 4.86 Å². The van der Waals surface area contributed by atoms with E-state index in [2.05, 4.69) is 69.0 Å². The van der Waals surface area contributed by atoms with Crippen LogP contribution in [0.4, 0.5) is 0 Å². The van der Waals surface area contributed by atoms with Gasteiger partial charge in [-0.3, -0.25) is 0 Å². The first-order valence-electron chi connectivity index (χ1n) is 8.81. The molecule has 0 spiro atoms. The van der Waals surface area contributed by atoms with E-state index in [0.29, 0.717) is 5.92 Å². The maximum Gasteiger partial charge on any atom is 0.0455 e. The lowest BCUT2D eigenvalue weighted by molar-refractivity contribution is 0.560. The molecule has 0 heterocycles. The predicted octanol–water partition coefficient (Wildman–Crippen LogP) is 6.79. The molecule has 0 nitrogen and oxygen atoms in total. The van der Waals surface area contributed by atoms with Crippen molar-refractivity contribution in [2.24, 2.45) is 5.92 Å². The topological polar surface area (TPSA) is 0 Å². The van der Waals surface area contributed by atoms with Crippen LogP contribution in [0.5, 0.6) is 0 Å². The second-order valence-electron chi connectivity index (χ2n) is 6.87. The summed E-state index contributed by atoms with van der Waals surface area (Å²) in [5.41, 5.74) is 7.50. The van der Waals surface area contributed by atoms with E-state index in [1.807, 2.05) is 18.2 Å². The standard InChI is InChI=1S/C24H24S/c1-17-14-18(2)19(3)22(15-17)23(20-10-6-4-7-11-20)16-24(25)21-12-8-5-9-13-21/h4-13,16-17H,2,14-15H2,1,3H3/b23-16-. The fourth-order valence-electron chi connectivity index (χ4n) is 3.45. The monoisotopic (exact) mass is 344 g/mol. The van der Waals surface area contributed by atoms with Gasteiger partial charge in [-0.1, -0.05) is 92.0 Å². The molecule has 1 atom stereocenters. The van der Waals surface area contributed by atoms with E-state index in [1.54, 1.807) is 0 Å². The Balaban J connectivity index is 2.11. The zero-order chi connectivity index (χ0) is 17.8. The van der Waals surface area contributed by atoms with Gasteiger partial charge in [0.15, 0.2) is 0 Å². The van der Waals surface area contributed by atoms with Gasteiger partial charge in [0.2, 0.25) is 0 Å². The Hall–Kier alpha value is -2.25. The molecule has 2 aromatic carbocycles. The Bertz CT molecular complexity index is 838. The molecule has 0 fully saturated rings. The lowest BCUT2D eigenvalue weighted by atomic mass is 9.78. The van der Waals surface area contributed by atoms with Gasteiger partial charge in [-0.05, 0) is 59.6 Å². The highest BCUT2D eigenvalue weighted by atomic mass is 32.1. The molecule has 1 unspecified atom stereocenters. The molecule has 0 aliphatic heterocycles. The first kappa shape index (κ1) is 17.6. The first-order chi connectivity index (χ1) is 12.1. The number of rotatable bonds is 4. The van der Waals surface area contributed by atoms with Crippen LogP contribution in [0, 0.1) is 5.92 Å². The largest absolute Gasteiger partial charge is 0.0955 e. The van der Waals surface area contributed by atoms with Gasteiger partial charge in [-0.2, -0.15) is 0 Å². The van der Waals surface area contributed by atoms with Crippen molar-refractivity contribution < 1.29 is 0 Å². The third-order valence-corrected chi connectivity index (χ3v) is 5.23. The maximum absolute atomic E-state index is 5.74. The molecular formula is C24H24S. The Labute approximate surface area is 156 Å². The summed E-state index contributed by atoms with van der Waals surface area (Å²) in [5, 5.41) is 0. The summed E-state index contributed by atoms with van der Waals surface area (Å²) in [5.74, 6) is 0.614. The van der Waals surface area contributed by atoms with Crippen LogP contribution in [0.3, 0.4) is 0 Å². The highest BCUT2D eigenvalue weighted by Crippen LogP contribution is 2.39. The highest BCUT2D eigenvalue weighted by molar-refractivity contribution is 7.81. The van der Waals surface area contributed by atoms with Crippen LogP contribution >= 0.6 is 12.2 Å². The molecule has 126 valence electrons. The van der Waals surface area contributed by atoms with E-state index in [1.165, 1.54) is 27.9 Å². The molecule has 1 heteroatoms. The van der Waals surface area contributed by atoms with E-state index >= 15 is 0 Å². The lowest BCUT2D eigenvalue weighted by Gasteiger charge is -2.27. The molecule has 0 radical (unpaired) electrons. The van der Waals surface area contributed by atoms with Gasteiger partial charge in [0.25, 0.3) is 0 Å². The Morgan fingerprint density at radius 1 is 0.960 bits per heavy atom. The summed E-state index contributed by atoms with van der Waals surface area (Å²) in [6, 6.07) is 20.8. The second-order valence-corrected chi connectivity index (χ2v) is 7.31. The van der Waals surface area contributed by atoms with Crippen molar-refractivity contribution in [1.82, 2.24) is 0 Å². The predicted molar refractivity (Wildman–Crippen MR) is 113 cm³/mol. The van der Waals surface area contributed by atoms with Crippen LogP contribution in [0.25, 0.3) is 5.57 Å². The molecule has 0 amide bonds. The van der Waals surface area contributed by atoms with Gasteiger partial charge in [0, 0.05) is 4.86 Å². The molecule has 0 saturated carbocycles. The second kappa shape index (κ2) is 7.76. The minimum Gasteiger partial charge on any atom is -0.0955 e. The fraction of sp³-hybridized carbons (Fsp3) is 0.208. The summed E-state index contributed by atoms with van der Waals surface area (Å²) in [6.07, 6.45) is 4.33. The Kier molecular flexibility index (Phi) is 5.45. The SMILES string of the molecule is C=C1CC(C)CC(/C(=C\C(=S)c2ccccc2)c2ccccc2)=C1C. The van der Waals surface area contributed by atoms with Crippen LogP contribution in [0.15, 0.2) is 90.0 Å². The number of hydrogen-bond acceptors (Lipinski definition) is 1. The van der Waals surface area contributed by atoms with Crippen molar-refractivity contribution in [1.29, 1.82) is 0 Å². The summed E-state index contributed by atoms with van der Waals surface area (Å²) < 4.78 is 0. The normalized spacial score (nSPS) is 18.4. The van der Waals surface area contributed by atoms with E-state index < -0.39 is 0 Å². The Morgan fingerprint density at radius 2 is 1.52 bits per heavy atom. The van der Waals surface area contributed by atoms with Gasteiger partial charge in [0.1, 0.15) is 0 Å². The third-order valence-electron chi connectivity index (χ3n) is 4.87. The number of allylic oxidation sites excluding steroid dienone is 5. The van der Waals surface area contributed by atoms with E-state index in [9.17, 15) is 0 Å². The van der Waals surface area contributed by atoms with Crippen molar-refractivity contribution in [2.75, 3.05) is 0 Å². The van der Waals surface area contributed by atoms with Crippen molar-refractivity contribution in [3.05, 3.63) is 101 Å². The summed E-state index contributed by atoms with van der Waals surface area (Å²) in [6.45, 7) is 8.79. The zero-order valence-corrected chi connectivity index (χ0v) is 15.8. The van der Waals surface area contributed by atoms with Gasteiger partial charge in [-0.15, -0.1) is 0 Å². The molecular weight excluding hydrogens is 320 g/mol. The van der Waals surface area contributed by atoms with Gasteiger partial charge >= 0.3 is 0 Å². The number of hydrogen-bond donors (Lipinski definition) is 0. The minimum absolute atomic E-state index is 0.614. The average molecular weight is 345 g/mol. The molecule has 0 aromatic heterocycles. The van der Waals surface area contributed by atoms with E-state index in [0.717, 1.165) is 23.3 Å². The average Bonchev–Trinajstić information content (AvgIpc) is 2.64. The van der Waals surface area contributed by atoms with Crippen molar-refractivity contribution >= 4 is 22.7 Å². The molecule has 2 aromatic rings. The molecule has 1 aliphatic rings. The zero-order valence-electron chi connectivity index (χ0n) is 15.0. The molecule has 0 saturated heterocycles. The summed E-state index contributed by atoms with van der Waals surface area (Å²) >= 11 is 5.74. The fourth-order valence-corrected chi connectivity index (χ4v) is 3.71. The maximum atomic E-state index is 5.74. The molecule has 25 heavy (non-hydrogen) atoms. The van der Waals surface area contributed by atoms with Crippen molar-refractivity contribution in [3.8, 4) is 0 Å². The van der Waals surface area contributed by atoms with E-state index in [4.69, 9.17) is 12.2 Å². The van der Waals surface area contributed by atoms with Gasteiger partial charge < -0.3 is 0 Å².